The van der Waals surface area contributed by atoms with Crippen LogP contribution in [-0.2, 0) is 28.6 Å². The van der Waals surface area contributed by atoms with Gasteiger partial charge in [0.1, 0.15) is 5.60 Å². The Hall–Kier alpha value is -1.90. The van der Waals surface area contributed by atoms with Gasteiger partial charge in [0.25, 0.3) is 0 Å². The molecule has 0 aromatic rings. The third-order valence-corrected chi connectivity index (χ3v) is 11.5. The van der Waals surface area contributed by atoms with Crippen molar-refractivity contribution in [1.29, 1.82) is 0 Å². The van der Waals surface area contributed by atoms with E-state index in [9.17, 15) is 19.5 Å². The van der Waals surface area contributed by atoms with Crippen LogP contribution in [0.5, 0.6) is 0 Å². The number of hydrogen-bond donors (Lipinski definition) is 1. The van der Waals surface area contributed by atoms with Crippen molar-refractivity contribution < 1.29 is 38.1 Å². The zero-order chi connectivity index (χ0) is 29.5. The number of fused-ring (bicyclic) bond motifs is 7. The Bertz CT molecular complexity index is 1170. The number of allylic oxidation sites excluding steroid dienone is 4. The van der Waals surface area contributed by atoms with Crippen LogP contribution in [0.3, 0.4) is 0 Å². The molecule has 4 fully saturated rings. The van der Waals surface area contributed by atoms with E-state index in [4.69, 9.17) is 14.2 Å². The zero-order valence-corrected chi connectivity index (χ0v) is 25.0. The highest BCUT2D eigenvalue weighted by atomic mass is 19.1. The number of hydrogen-bond acceptors (Lipinski definition) is 7. The van der Waals surface area contributed by atoms with Crippen molar-refractivity contribution in [1.82, 2.24) is 0 Å². The van der Waals surface area contributed by atoms with Crippen LogP contribution in [0, 0.1) is 34.0 Å². The average molecular weight is 561 g/mol. The van der Waals surface area contributed by atoms with E-state index >= 15 is 4.39 Å². The van der Waals surface area contributed by atoms with Crippen LogP contribution in [0.4, 0.5) is 4.39 Å². The van der Waals surface area contributed by atoms with Crippen molar-refractivity contribution >= 4 is 17.5 Å². The highest BCUT2D eigenvalue weighted by Gasteiger charge is 2.82. The van der Waals surface area contributed by atoms with E-state index in [1.165, 1.54) is 12.2 Å². The number of carbonyl (C=O) groups excluding carboxylic acids is 3. The van der Waals surface area contributed by atoms with Gasteiger partial charge in [0.15, 0.2) is 23.8 Å². The normalized spacial score (nSPS) is 45.2. The number of carbonyl (C=O) groups is 3. The van der Waals surface area contributed by atoms with Crippen LogP contribution in [0.15, 0.2) is 23.8 Å². The molecule has 1 saturated heterocycles. The molecule has 222 valence electrons. The van der Waals surface area contributed by atoms with E-state index < -0.39 is 63.8 Å². The molecular weight excluding hydrogens is 515 g/mol. The summed E-state index contributed by atoms with van der Waals surface area (Å²) in [5.41, 5.74) is -5.63. The molecule has 4 aliphatic carbocycles. The number of ketones is 2. The van der Waals surface area contributed by atoms with E-state index in [1.54, 1.807) is 26.8 Å². The fraction of sp³-hybridized carbons (Fsp3) is 0.781. The molecule has 1 heterocycles. The van der Waals surface area contributed by atoms with Gasteiger partial charge in [-0.3, -0.25) is 14.4 Å². The van der Waals surface area contributed by atoms with Gasteiger partial charge in [-0.1, -0.05) is 39.3 Å². The summed E-state index contributed by atoms with van der Waals surface area (Å²) in [5.74, 6) is -2.74. The lowest BCUT2D eigenvalue weighted by Crippen LogP contribution is -2.74. The molecule has 0 bridgehead atoms. The van der Waals surface area contributed by atoms with Gasteiger partial charge < -0.3 is 19.3 Å². The first-order valence-electron chi connectivity index (χ1n) is 14.8. The first-order chi connectivity index (χ1) is 18.5. The van der Waals surface area contributed by atoms with Crippen molar-refractivity contribution in [3.63, 3.8) is 0 Å². The Balaban J connectivity index is 1.56. The third-order valence-electron chi connectivity index (χ3n) is 11.5. The number of Topliss-reactive ketones (excluding diaryl/α,β-unsaturated/α-hetero) is 1. The standard InChI is InChI=1S/C32H45FO7/c1-19(2)8-11-26(37)38-18-25(36)32-21(17-39-27(3,4)40-32)15-29(6)23-10-9-20-14-22(34)12-13-28(20,5)31(23,33)24(35)16-30(29,32)7/h12-14,19,21,23-24,35H,8-11,15-18H2,1-7H3/t21-,23-,24-,28-,29-,30-,31-,32-/m0/s1. The van der Waals surface area contributed by atoms with Crippen LogP contribution in [-0.4, -0.2) is 59.0 Å². The van der Waals surface area contributed by atoms with Gasteiger partial charge >= 0.3 is 5.97 Å². The molecule has 0 aromatic heterocycles. The summed E-state index contributed by atoms with van der Waals surface area (Å²) in [6, 6.07) is 0. The summed E-state index contributed by atoms with van der Waals surface area (Å²) in [4.78, 5) is 39.0. The molecule has 5 rings (SSSR count). The number of rotatable bonds is 6. The van der Waals surface area contributed by atoms with Gasteiger partial charge in [-0.05, 0) is 76.4 Å². The number of ether oxygens (including phenoxy) is 3. The average Bonchev–Trinajstić information content (AvgIpc) is 3.06. The SMILES string of the molecule is CC(C)CCC(=O)OCC(=O)[C@@]12OC(C)(C)OC[C@@H]1C[C@@]1(C)[C@@H]3CCC4=CC(=O)C=C[C@]4(C)[C@@]3(F)[C@@H](O)C[C@@]12C. The predicted octanol–water partition coefficient (Wildman–Crippen LogP) is 5.04. The van der Waals surface area contributed by atoms with Crippen molar-refractivity contribution in [2.75, 3.05) is 13.2 Å². The van der Waals surface area contributed by atoms with E-state index in [2.05, 4.69) is 0 Å². The number of aliphatic hydroxyl groups is 1. The Morgan fingerprint density at radius 1 is 1.18 bits per heavy atom. The minimum atomic E-state index is -2.04. The van der Waals surface area contributed by atoms with Crippen LogP contribution >= 0.6 is 0 Å². The molecule has 5 aliphatic rings. The number of esters is 1. The zero-order valence-electron chi connectivity index (χ0n) is 25.0. The summed E-state index contributed by atoms with van der Waals surface area (Å²) in [7, 11) is 0. The van der Waals surface area contributed by atoms with Gasteiger partial charge in [-0.25, -0.2) is 4.39 Å². The summed E-state index contributed by atoms with van der Waals surface area (Å²) >= 11 is 0. The maximum absolute atomic E-state index is 17.8. The Kier molecular flexibility index (Phi) is 6.88. The van der Waals surface area contributed by atoms with E-state index in [1.807, 2.05) is 27.7 Å². The van der Waals surface area contributed by atoms with Crippen LogP contribution < -0.4 is 0 Å². The van der Waals surface area contributed by atoms with Crippen LogP contribution in [0.1, 0.15) is 87.0 Å². The van der Waals surface area contributed by atoms with E-state index in [0.717, 1.165) is 0 Å². The third kappa shape index (κ3) is 3.81. The largest absolute Gasteiger partial charge is 0.458 e. The topological polar surface area (TPSA) is 99.1 Å². The van der Waals surface area contributed by atoms with E-state index in [-0.39, 0.29) is 31.0 Å². The van der Waals surface area contributed by atoms with Crippen molar-refractivity contribution in [3.8, 4) is 0 Å². The van der Waals surface area contributed by atoms with Gasteiger partial charge in [0.05, 0.1) is 12.7 Å². The Labute approximate surface area is 236 Å². The maximum Gasteiger partial charge on any atom is 0.306 e. The first kappa shape index (κ1) is 29.6. The number of alkyl halides is 1. The summed E-state index contributed by atoms with van der Waals surface area (Å²) in [6.45, 7) is 13.1. The summed E-state index contributed by atoms with van der Waals surface area (Å²) in [6.07, 6.45) is 5.46. The van der Waals surface area contributed by atoms with Crippen molar-refractivity contribution in [3.05, 3.63) is 23.8 Å². The molecule has 8 atom stereocenters. The molecule has 40 heavy (non-hydrogen) atoms. The molecule has 0 amide bonds. The van der Waals surface area contributed by atoms with Crippen LogP contribution in [0.25, 0.3) is 0 Å². The monoisotopic (exact) mass is 560 g/mol. The quantitative estimate of drug-likeness (QED) is 0.454. The molecule has 3 saturated carbocycles. The number of aliphatic hydroxyl groups excluding tert-OH is 1. The molecule has 0 aromatic carbocycles. The van der Waals surface area contributed by atoms with Crippen molar-refractivity contribution in [2.45, 2.75) is 110 Å². The lowest BCUT2D eigenvalue weighted by Gasteiger charge is -2.67. The Morgan fingerprint density at radius 3 is 2.55 bits per heavy atom. The van der Waals surface area contributed by atoms with Crippen molar-refractivity contribution in [2.24, 2.45) is 34.0 Å². The maximum atomic E-state index is 17.8. The fourth-order valence-corrected chi connectivity index (χ4v) is 9.28. The molecule has 0 spiro atoms. The highest BCUT2D eigenvalue weighted by Crippen LogP contribution is 2.77. The summed E-state index contributed by atoms with van der Waals surface area (Å²) in [5, 5.41) is 11.8. The van der Waals surface area contributed by atoms with Crippen LogP contribution in [0.2, 0.25) is 0 Å². The highest BCUT2D eigenvalue weighted by molar-refractivity contribution is 6.01. The van der Waals surface area contributed by atoms with Gasteiger partial charge in [-0.2, -0.15) is 0 Å². The minimum absolute atomic E-state index is 0.0131. The second kappa shape index (κ2) is 9.30. The molecule has 1 N–H and O–H groups in total. The number of halogens is 1. The van der Waals surface area contributed by atoms with Gasteiger partial charge in [-0.15, -0.1) is 0 Å². The molecule has 0 radical (unpaired) electrons. The Morgan fingerprint density at radius 2 is 1.88 bits per heavy atom. The lowest BCUT2D eigenvalue weighted by molar-refractivity contribution is -0.347. The smallest absolute Gasteiger partial charge is 0.306 e. The minimum Gasteiger partial charge on any atom is -0.458 e. The molecule has 1 aliphatic heterocycles. The molecule has 7 nitrogen and oxygen atoms in total. The molecule has 0 unspecified atom stereocenters. The van der Waals surface area contributed by atoms with Gasteiger partial charge in [0.2, 0.25) is 5.78 Å². The first-order valence-corrected chi connectivity index (χ1v) is 14.8. The second-order valence-electron chi connectivity index (χ2n) is 14.4. The molecular formula is C32H45FO7. The second-order valence-corrected chi connectivity index (χ2v) is 14.4. The molecule has 8 heteroatoms. The van der Waals surface area contributed by atoms with E-state index in [0.29, 0.717) is 37.2 Å². The fourth-order valence-electron chi connectivity index (χ4n) is 9.28. The summed E-state index contributed by atoms with van der Waals surface area (Å²) < 4.78 is 36.0. The lowest BCUT2D eigenvalue weighted by atomic mass is 9.40. The predicted molar refractivity (Wildman–Crippen MR) is 146 cm³/mol. The van der Waals surface area contributed by atoms with Gasteiger partial charge in [0, 0.05) is 29.1 Å².